The third-order valence-electron chi connectivity index (χ3n) is 1.62. The van der Waals surface area contributed by atoms with Gasteiger partial charge in [-0.25, -0.2) is 9.97 Å². The average molecular weight is 332 g/mol. The van der Waals surface area contributed by atoms with Crippen LogP contribution in [-0.2, 0) is 0 Å². The normalized spacial score (nSPS) is 10.3. The van der Waals surface area contributed by atoms with E-state index >= 15 is 0 Å². The van der Waals surface area contributed by atoms with Crippen molar-refractivity contribution in [2.75, 3.05) is 0 Å². The smallest absolute Gasteiger partial charge is 0.266 e. The summed E-state index contributed by atoms with van der Waals surface area (Å²) in [6.07, 6.45) is 4.60. The molecule has 0 unspecified atom stereocenters. The Morgan fingerprint density at radius 1 is 1.20 bits per heavy atom. The van der Waals surface area contributed by atoms with Gasteiger partial charge in [0.1, 0.15) is 4.47 Å². The highest BCUT2D eigenvalue weighted by Gasteiger charge is 2.09. The van der Waals surface area contributed by atoms with Crippen LogP contribution in [0, 0.1) is 0 Å². The fourth-order valence-corrected chi connectivity index (χ4v) is 1.49. The average Bonchev–Trinajstić information content (AvgIpc) is 2.27. The molecular weight excluding hydrogens is 328 g/mol. The van der Waals surface area contributed by atoms with Crippen LogP contribution in [0.5, 0.6) is 0 Å². The van der Waals surface area contributed by atoms with Crippen molar-refractivity contribution in [2.24, 2.45) is 0 Å². The minimum absolute atomic E-state index is 0.246. The van der Waals surface area contributed by atoms with Crippen molar-refractivity contribution in [1.29, 1.82) is 0 Å². The minimum Gasteiger partial charge on any atom is -0.266 e. The van der Waals surface area contributed by atoms with Gasteiger partial charge < -0.3 is 0 Å². The molecule has 15 heavy (non-hydrogen) atoms. The molecule has 0 spiro atoms. The monoisotopic (exact) mass is 330 g/mol. The van der Waals surface area contributed by atoms with Gasteiger partial charge in [0.2, 0.25) is 0 Å². The molecule has 0 atom stereocenters. The molecule has 0 aromatic carbocycles. The summed E-state index contributed by atoms with van der Waals surface area (Å²) in [6.45, 7) is 0. The number of hydrogen-bond acceptors (Lipinski definition) is 4. The van der Waals surface area contributed by atoms with E-state index in [9.17, 15) is 4.79 Å². The highest BCUT2D eigenvalue weighted by atomic mass is 79.9. The first kappa shape index (κ1) is 10.4. The summed E-state index contributed by atoms with van der Waals surface area (Å²) in [7, 11) is 0. The second kappa shape index (κ2) is 4.19. The zero-order valence-electron chi connectivity index (χ0n) is 7.26. The van der Waals surface area contributed by atoms with E-state index < -0.39 is 0 Å². The van der Waals surface area contributed by atoms with E-state index in [-0.39, 0.29) is 11.5 Å². The van der Waals surface area contributed by atoms with E-state index in [1.54, 1.807) is 18.5 Å². The number of hydrogen-bond donors (Lipinski definition) is 0. The maximum Gasteiger partial charge on any atom is 0.289 e. The Kier molecular flexibility index (Phi) is 2.92. The van der Waals surface area contributed by atoms with Crippen molar-refractivity contribution < 1.29 is 0 Å². The summed E-state index contributed by atoms with van der Waals surface area (Å²) >= 11 is 6.34. The van der Waals surface area contributed by atoms with Crippen LogP contribution in [-0.4, -0.2) is 19.7 Å². The molecule has 0 aliphatic rings. The Morgan fingerprint density at radius 2 is 1.87 bits per heavy atom. The molecule has 0 bridgehead atoms. The summed E-state index contributed by atoms with van der Waals surface area (Å²) in [6, 6.07) is 1.67. The predicted molar refractivity (Wildman–Crippen MR) is 60.8 cm³/mol. The van der Waals surface area contributed by atoms with Crippen LogP contribution in [0.4, 0.5) is 0 Å². The SMILES string of the molecule is O=c1c(Br)c(Br)cnn1-c1ncccn1. The Balaban J connectivity index is 2.66. The second-order valence-corrected chi connectivity index (χ2v) is 4.22. The number of aromatic nitrogens is 4. The van der Waals surface area contributed by atoms with Crippen LogP contribution >= 0.6 is 31.9 Å². The van der Waals surface area contributed by atoms with Crippen molar-refractivity contribution in [3.63, 3.8) is 0 Å². The maximum atomic E-state index is 11.7. The van der Waals surface area contributed by atoms with Gasteiger partial charge in [-0.05, 0) is 37.9 Å². The van der Waals surface area contributed by atoms with Crippen LogP contribution in [0.15, 0.2) is 38.4 Å². The molecule has 76 valence electrons. The molecule has 2 aromatic rings. The minimum atomic E-state index is -0.310. The van der Waals surface area contributed by atoms with Gasteiger partial charge in [0.05, 0.1) is 10.7 Å². The largest absolute Gasteiger partial charge is 0.289 e. The molecule has 0 saturated heterocycles. The predicted octanol–water partition coefficient (Wildman–Crippen LogP) is 1.55. The lowest BCUT2D eigenvalue weighted by molar-refractivity contribution is 0.743. The molecule has 0 aliphatic carbocycles. The summed E-state index contributed by atoms with van der Waals surface area (Å²) in [5, 5.41) is 3.91. The molecular formula is C8H4Br2N4O. The molecule has 0 fully saturated rings. The third-order valence-corrected chi connectivity index (χ3v) is 3.52. The highest BCUT2D eigenvalue weighted by molar-refractivity contribution is 9.13. The van der Waals surface area contributed by atoms with Gasteiger partial charge in [-0.2, -0.15) is 9.78 Å². The van der Waals surface area contributed by atoms with Crippen molar-refractivity contribution >= 4 is 31.9 Å². The Morgan fingerprint density at radius 3 is 2.53 bits per heavy atom. The van der Waals surface area contributed by atoms with Crippen LogP contribution in [0.25, 0.3) is 5.95 Å². The van der Waals surface area contributed by atoms with Crippen LogP contribution in [0.1, 0.15) is 0 Å². The standard InChI is InChI=1S/C8H4Br2N4O/c9-5-4-13-14(7(15)6(5)10)8-11-2-1-3-12-8/h1-4H. The summed E-state index contributed by atoms with van der Waals surface area (Å²) in [5.74, 6) is 0.246. The van der Waals surface area contributed by atoms with Gasteiger partial charge in [0.15, 0.2) is 0 Å². The fraction of sp³-hybridized carbons (Fsp3) is 0. The molecule has 0 saturated carbocycles. The lowest BCUT2D eigenvalue weighted by Gasteiger charge is -2.02. The lowest BCUT2D eigenvalue weighted by Crippen LogP contribution is -2.23. The molecule has 2 rings (SSSR count). The molecule has 0 aliphatic heterocycles. The van der Waals surface area contributed by atoms with Crippen molar-refractivity contribution in [1.82, 2.24) is 19.7 Å². The highest BCUT2D eigenvalue weighted by Crippen LogP contribution is 2.16. The van der Waals surface area contributed by atoms with Gasteiger partial charge in [-0.3, -0.25) is 4.79 Å². The number of halogens is 2. The molecule has 7 heteroatoms. The van der Waals surface area contributed by atoms with Crippen LogP contribution in [0.3, 0.4) is 0 Å². The van der Waals surface area contributed by atoms with E-state index in [1.165, 1.54) is 6.20 Å². The Bertz CT molecular complexity index is 540. The van der Waals surface area contributed by atoms with Gasteiger partial charge in [0, 0.05) is 12.4 Å². The topological polar surface area (TPSA) is 60.7 Å². The summed E-state index contributed by atoms with van der Waals surface area (Å²) in [5.41, 5.74) is -0.310. The second-order valence-electron chi connectivity index (χ2n) is 2.57. The zero-order chi connectivity index (χ0) is 10.8. The number of rotatable bonds is 1. The molecule has 5 nitrogen and oxygen atoms in total. The van der Waals surface area contributed by atoms with E-state index in [1.807, 2.05) is 0 Å². The fourth-order valence-electron chi connectivity index (χ4n) is 0.956. The molecule has 2 aromatic heterocycles. The quantitative estimate of drug-likeness (QED) is 0.795. The van der Waals surface area contributed by atoms with Crippen LogP contribution < -0.4 is 5.56 Å². The van der Waals surface area contributed by atoms with Crippen LogP contribution in [0.2, 0.25) is 0 Å². The van der Waals surface area contributed by atoms with Crippen molar-refractivity contribution in [3.8, 4) is 5.95 Å². The van der Waals surface area contributed by atoms with E-state index in [4.69, 9.17) is 0 Å². The Hall–Kier alpha value is -1.08. The molecule has 0 amide bonds. The van der Waals surface area contributed by atoms with Gasteiger partial charge in [-0.15, -0.1) is 0 Å². The van der Waals surface area contributed by atoms with E-state index in [2.05, 4.69) is 46.9 Å². The molecule has 2 heterocycles. The first-order chi connectivity index (χ1) is 7.20. The van der Waals surface area contributed by atoms with E-state index in [0.29, 0.717) is 8.95 Å². The van der Waals surface area contributed by atoms with Crippen molar-refractivity contribution in [3.05, 3.63) is 44.0 Å². The number of nitrogens with zero attached hydrogens (tertiary/aromatic N) is 4. The zero-order valence-corrected chi connectivity index (χ0v) is 10.4. The maximum absolute atomic E-state index is 11.7. The van der Waals surface area contributed by atoms with Gasteiger partial charge >= 0.3 is 0 Å². The summed E-state index contributed by atoms with van der Waals surface area (Å²) in [4.78, 5) is 19.6. The van der Waals surface area contributed by atoms with E-state index in [0.717, 1.165) is 4.68 Å². The van der Waals surface area contributed by atoms with Gasteiger partial charge in [0.25, 0.3) is 11.5 Å². The molecule has 0 radical (unpaired) electrons. The van der Waals surface area contributed by atoms with Gasteiger partial charge in [-0.1, -0.05) is 0 Å². The lowest BCUT2D eigenvalue weighted by atomic mass is 10.6. The third kappa shape index (κ3) is 1.98. The molecule has 0 N–H and O–H groups in total. The first-order valence-electron chi connectivity index (χ1n) is 3.91. The Labute approximate surface area is 101 Å². The first-order valence-corrected chi connectivity index (χ1v) is 5.49. The summed E-state index contributed by atoms with van der Waals surface area (Å²) < 4.78 is 2.11. The van der Waals surface area contributed by atoms with Crippen molar-refractivity contribution in [2.45, 2.75) is 0 Å².